The summed E-state index contributed by atoms with van der Waals surface area (Å²) in [4.78, 5) is 30.7. The monoisotopic (exact) mass is 380 g/mol. The first-order valence-electron chi connectivity index (χ1n) is 10.3. The van der Waals surface area contributed by atoms with Crippen LogP contribution in [0, 0.1) is 0 Å². The zero-order valence-electron chi connectivity index (χ0n) is 16.5. The van der Waals surface area contributed by atoms with Gasteiger partial charge in [-0.2, -0.15) is 0 Å². The van der Waals surface area contributed by atoms with E-state index in [1.54, 1.807) is 6.20 Å². The minimum Gasteiger partial charge on any atom is -0.356 e. The summed E-state index contributed by atoms with van der Waals surface area (Å²) in [6.07, 6.45) is 9.24. The van der Waals surface area contributed by atoms with Gasteiger partial charge in [-0.1, -0.05) is 12.8 Å². The van der Waals surface area contributed by atoms with Gasteiger partial charge < -0.3 is 15.1 Å². The number of amides is 2. The minimum absolute atomic E-state index is 0.00805. The molecular formula is C21H28N6O. The molecule has 0 aromatic carbocycles. The van der Waals surface area contributed by atoms with Gasteiger partial charge >= 0.3 is 6.03 Å². The van der Waals surface area contributed by atoms with Gasteiger partial charge in [-0.3, -0.25) is 4.98 Å². The van der Waals surface area contributed by atoms with Crippen LogP contribution in [0.4, 0.5) is 10.6 Å². The highest BCUT2D eigenvalue weighted by molar-refractivity contribution is 5.75. The molecule has 1 fully saturated rings. The topological polar surface area (TPSA) is 74.2 Å². The van der Waals surface area contributed by atoms with E-state index in [1.807, 2.05) is 30.2 Å². The molecule has 0 aliphatic carbocycles. The van der Waals surface area contributed by atoms with Gasteiger partial charge in [0.15, 0.2) is 5.82 Å². The molecule has 2 aromatic rings. The van der Waals surface area contributed by atoms with Crippen molar-refractivity contribution in [1.82, 2.24) is 25.2 Å². The SMILES string of the molecule is CCNC(=O)N1CCc2nc(-c3cccnc3)nc(N3CCCCCC3)c2C1. The first-order chi connectivity index (χ1) is 13.8. The third-order valence-corrected chi connectivity index (χ3v) is 5.48. The van der Waals surface area contributed by atoms with Crippen LogP contribution in [0.1, 0.15) is 43.9 Å². The van der Waals surface area contributed by atoms with Crippen molar-refractivity contribution in [1.29, 1.82) is 0 Å². The van der Waals surface area contributed by atoms with E-state index in [9.17, 15) is 4.79 Å². The quantitative estimate of drug-likeness (QED) is 0.886. The summed E-state index contributed by atoms with van der Waals surface area (Å²) in [5.41, 5.74) is 3.10. The molecule has 0 bridgehead atoms. The Morgan fingerprint density at radius 3 is 2.68 bits per heavy atom. The van der Waals surface area contributed by atoms with Crippen molar-refractivity contribution >= 4 is 11.8 Å². The molecule has 148 valence electrons. The van der Waals surface area contributed by atoms with E-state index < -0.39 is 0 Å². The number of nitrogens with zero attached hydrogens (tertiary/aromatic N) is 5. The van der Waals surface area contributed by atoms with E-state index in [-0.39, 0.29) is 6.03 Å². The van der Waals surface area contributed by atoms with Crippen LogP contribution in [0.15, 0.2) is 24.5 Å². The summed E-state index contributed by atoms with van der Waals surface area (Å²) in [6, 6.07) is 3.91. The highest BCUT2D eigenvalue weighted by atomic mass is 16.2. The van der Waals surface area contributed by atoms with Crippen molar-refractivity contribution in [2.45, 2.75) is 45.6 Å². The molecule has 2 aromatic heterocycles. The first-order valence-corrected chi connectivity index (χ1v) is 10.3. The molecule has 2 amide bonds. The van der Waals surface area contributed by atoms with Crippen molar-refractivity contribution in [2.24, 2.45) is 0 Å². The molecule has 0 atom stereocenters. The van der Waals surface area contributed by atoms with Crippen LogP contribution in [0.25, 0.3) is 11.4 Å². The number of urea groups is 1. The molecular weight excluding hydrogens is 352 g/mol. The lowest BCUT2D eigenvalue weighted by Crippen LogP contribution is -2.43. The lowest BCUT2D eigenvalue weighted by molar-refractivity contribution is 0.192. The largest absolute Gasteiger partial charge is 0.356 e. The van der Waals surface area contributed by atoms with Crippen LogP contribution in [-0.4, -0.2) is 52.1 Å². The highest BCUT2D eigenvalue weighted by Gasteiger charge is 2.28. The number of fused-ring (bicyclic) bond motifs is 1. The number of rotatable bonds is 3. The number of hydrogen-bond donors (Lipinski definition) is 1. The Morgan fingerprint density at radius 1 is 1.14 bits per heavy atom. The van der Waals surface area contributed by atoms with Crippen molar-refractivity contribution < 1.29 is 4.79 Å². The maximum absolute atomic E-state index is 12.4. The van der Waals surface area contributed by atoms with E-state index >= 15 is 0 Å². The average Bonchev–Trinajstić information content (AvgIpc) is 3.03. The highest BCUT2D eigenvalue weighted by Crippen LogP contribution is 2.30. The van der Waals surface area contributed by atoms with Crippen LogP contribution in [0.5, 0.6) is 0 Å². The summed E-state index contributed by atoms with van der Waals surface area (Å²) in [5, 5.41) is 2.92. The molecule has 0 radical (unpaired) electrons. The maximum atomic E-state index is 12.4. The molecule has 4 heterocycles. The fourth-order valence-corrected chi connectivity index (χ4v) is 4.00. The number of hydrogen-bond acceptors (Lipinski definition) is 5. The summed E-state index contributed by atoms with van der Waals surface area (Å²) in [5.74, 6) is 1.73. The standard InChI is InChI=1S/C21H28N6O/c1-2-23-21(28)27-13-9-18-17(15-27)20(26-11-5-3-4-6-12-26)25-19(24-18)16-8-7-10-22-14-16/h7-8,10,14H,2-6,9,11-13,15H2,1H3,(H,23,28). The Labute approximate surface area is 166 Å². The molecule has 7 heteroatoms. The van der Waals surface area contributed by atoms with Crippen LogP contribution >= 0.6 is 0 Å². The third kappa shape index (κ3) is 3.93. The van der Waals surface area contributed by atoms with E-state index in [4.69, 9.17) is 9.97 Å². The molecule has 0 saturated carbocycles. The number of carbonyl (C=O) groups is 1. The predicted octanol–water partition coefficient (Wildman–Crippen LogP) is 3.01. The lowest BCUT2D eigenvalue weighted by Gasteiger charge is -2.32. The zero-order chi connectivity index (χ0) is 19.3. The van der Waals surface area contributed by atoms with E-state index in [0.29, 0.717) is 19.6 Å². The van der Waals surface area contributed by atoms with Crippen molar-refractivity contribution in [3.8, 4) is 11.4 Å². The Morgan fingerprint density at radius 2 is 1.96 bits per heavy atom. The fourth-order valence-electron chi connectivity index (χ4n) is 4.00. The summed E-state index contributed by atoms with van der Waals surface area (Å²) in [7, 11) is 0. The number of anilines is 1. The molecule has 1 saturated heterocycles. The second-order valence-corrected chi connectivity index (χ2v) is 7.45. The number of nitrogens with one attached hydrogen (secondary N) is 1. The summed E-state index contributed by atoms with van der Waals surface area (Å²) >= 11 is 0. The first kappa shape index (κ1) is 18.7. The molecule has 2 aliphatic heterocycles. The zero-order valence-corrected chi connectivity index (χ0v) is 16.5. The summed E-state index contributed by atoms with van der Waals surface area (Å²) < 4.78 is 0. The Balaban J connectivity index is 1.73. The van der Waals surface area contributed by atoms with Crippen molar-refractivity contribution in [2.75, 3.05) is 31.1 Å². The van der Waals surface area contributed by atoms with E-state index in [0.717, 1.165) is 48.0 Å². The Kier molecular flexibility index (Phi) is 5.69. The number of pyridine rings is 1. The number of aromatic nitrogens is 3. The molecule has 0 unspecified atom stereocenters. The minimum atomic E-state index is -0.00805. The van der Waals surface area contributed by atoms with Crippen LogP contribution < -0.4 is 10.2 Å². The smallest absolute Gasteiger partial charge is 0.317 e. The van der Waals surface area contributed by atoms with Gasteiger partial charge in [-0.25, -0.2) is 14.8 Å². The normalized spacial score (nSPS) is 17.0. The van der Waals surface area contributed by atoms with E-state index in [1.165, 1.54) is 25.7 Å². The molecule has 1 N–H and O–H groups in total. The molecule has 2 aliphatic rings. The van der Waals surface area contributed by atoms with Crippen molar-refractivity contribution in [3.63, 3.8) is 0 Å². The van der Waals surface area contributed by atoms with Gasteiger partial charge in [0.1, 0.15) is 5.82 Å². The van der Waals surface area contributed by atoms with Gasteiger partial charge in [-0.15, -0.1) is 0 Å². The number of carbonyl (C=O) groups excluding carboxylic acids is 1. The van der Waals surface area contributed by atoms with Crippen molar-refractivity contribution in [3.05, 3.63) is 35.8 Å². The van der Waals surface area contributed by atoms with Crippen LogP contribution in [-0.2, 0) is 13.0 Å². The molecule has 7 nitrogen and oxygen atoms in total. The summed E-state index contributed by atoms with van der Waals surface area (Å²) in [6.45, 7) is 5.86. The third-order valence-electron chi connectivity index (χ3n) is 5.48. The molecule has 4 rings (SSSR count). The lowest BCUT2D eigenvalue weighted by atomic mass is 10.0. The van der Waals surface area contributed by atoms with Crippen LogP contribution in [0.2, 0.25) is 0 Å². The fraction of sp³-hybridized carbons (Fsp3) is 0.524. The van der Waals surface area contributed by atoms with Crippen LogP contribution in [0.3, 0.4) is 0 Å². The Bertz CT molecular complexity index is 817. The Hall–Kier alpha value is -2.70. The van der Waals surface area contributed by atoms with E-state index in [2.05, 4.69) is 15.2 Å². The van der Waals surface area contributed by atoms with Gasteiger partial charge in [0.25, 0.3) is 0 Å². The maximum Gasteiger partial charge on any atom is 0.317 e. The second-order valence-electron chi connectivity index (χ2n) is 7.45. The molecule has 28 heavy (non-hydrogen) atoms. The molecule has 0 spiro atoms. The van der Waals surface area contributed by atoms with Gasteiger partial charge in [-0.05, 0) is 31.9 Å². The average molecular weight is 380 g/mol. The van der Waals surface area contributed by atoms with Gasteiger partial charge in [0.2, 0.25) is 0 Å². The second kappa shape index (κ2) is 8.54. The predicted molar refractivity (Wildman–Crippen MR) is 109 cm³/mol. The van der Waals surface area contributed by atoms with Gasteiger partial charge in [0.05, 0.1) is 12.2 Å². The van der Waals surface area contributed by atoms with Gasteiger partial charge in [0, 0.05) is 56.1 Å².